The Morgan fingerprint density at radius 1 is 1.13 bits per heavy atom. The van der Waals surface area contributed by atoms with Crippen LogP contribution >= 0.6 is 0 Å². The largest absolute Gasteiger partial charge is 0.378 e. The fraction of sp³-hybridized carbons (Fsp3) is 0.688. The minimum atomic E-state index is 0.197. The van der Waals surface area contributed by atoms with Crippen molar-refractivity contribution < 1.29 is 9.53 Å². The number of hydrogen-bond donors (Lipinski definition) is 0. The Kier molecular flexibility index (Phi) is 3.80. The van der Waals surface area contributed by atoms with Crippen LogP contribution in [0.1, 0.15) is 24.8 Å². The number of rotatable bonds is 2. The van der Waals surface area contributed by atoms with Crippen molar-refractivity contribution in [2.45, 2.75) is 31.8 Å². The molecule has 4 rings (SSSR count). The molecule has 3 aliphatic rings. The monoisotopic (exact) mass is 317 g/mol. The first-order valence-corrected chi connectivity index (χ1v) is 8.41. The first-order valence-electron chi connectivity index (χ1n) is 8.41. The van der Waals surface area contributed by atoms with Crippen molar-refractivity contribution in [1.29, 1.82) is 0 Å². The highest BCUT2D eigenvalue weighted by atomic mass is 16.5. The van der Waals surface area contributed by atoms with Crippen LogP contribution in [0.5, 0.6) is 0 Å². The van der Waals surface area contributed by atoms with Gasteiger partial charge in [-0.05, 0) is 19.3 Å². The summed E-state index contributed by atoms with van der Waals surface area (Å²) >= 11 is 0. The second kappa shape index (κ2) is 5.96. The Morgan fingerprint density at radius 2 is 1.87 bits per heavy atom. The molecule has 2 aliphatic heterocycles. The smallest absolute Gasteiger partial charge is 0.242 e. The summed E-state index contributed by atoms with van der Waals surface area (Å²) < 4.78 is 5.45. The van der Waals surface area contributed by atoms with Crippen LogP contribution in [0.3, 0.4) is 0 Å². The van der Waals surface area contributed by atoms with Crippen LogP contribution in [-0.2, 0) is 16.1 Å². The van der Waals surface area contributed by atoms with Crippen molar-refractivity contribution in [3.05, 3.63) is 11.9 Å². The summed E-state index contributed by atoms with van der Waals surface area (Å²) in [5.74, 6) is 2.05. The van der Waals surface area contributed by atoms with Gasteiger partial charge in [0.05, 0.1) is 31.9 Å². The Balaban J connectivity index is 1.71. The van der Waals surface area contributed by atoms with Gasteiger partial charge in [0.2, 0.25) is 5.91 Å². The van der Waals surface area contributed by atoms with E-state index in [1.807, 2.05) is 16.8 Å². The predicted octanol–water partition coefficient (Wildman–Crippen LogP) is 0.644. The molecule has 0 spiro atoms. The summed E-state index contributed by atoms with van der Waals surface area (Å²) in [7, 11) is 1.94. The maximum atomic E-state index is 12.6. The molecule has 1 aromatic rings. The first-order chi connectivity index (χ1) is 11.2. The van der Waals surface area contributed by atoms with Crippen LogP contribution < -0.4 is 9.80 Å². The van der Waals surface area contributed by atoms with E-state index in [0.717, 1.165) is 56.3 Å². The van der Waals surface area contributed by atoms with Gasteiger partial charge in [0.1, 0.15) is 18.0 Å². The molecule has 7 nitrogen and oxygen atoms in total. The minimum absolute atomic E-state index is 0.197. The van der Waals surface area contributed by atoms with E-state index in [2.05, 4.69) is 14.9 Å². The highest BCUT2D eigenvalue weighted by Gasteiger charge is 2.34. The van der Waals surface area contributed by atoms with Gasteiger partial charge in [0, 0.05) is 26.2 Å². The van der Waals surface area contributed by atoms with Gasteiger partial charge in [-0.2, -0.15) is 0 Å². The maximum Gasteiger partial charge on any atom is 0.242 e. The normalized spacial score (nSPS) is 22.7. The molecule has 1 saturated heterocycles. The van der Waals surface area contributed by atoms with E-state index in [0.29, 0.717) is 19.1 Å². The van der Waals surface area contributed by atoms with Crippen LogP contribution in [0.2, 0.25) is 0 Å². The van der Waals surface area contributed by atoms with Gasteiger partial charge >= 0.3 is 0 Å². The first kappa shape index (κ1) is 14.7. The number of anilines is 2. The molecular formula is C16H23N5O2. The zero-order valence-electron chi connectivity index (χ0n) is 13.6. The third kappa shape index (κ3) is 2.63. The lowest BCUT2D eigenvalue weighted by Gasteiger charge is -2.37. The molecular weight excluding hydrogens is 294 g/mol. The van der Waals surface area contributed by atoms with Crippen LogP contribution in [-0.4, -0.2) is 66.7 Å². The molecule has 1 aliphatic carbocycles. The van der Waals surface area contributed by atoms with Crippen LogP contribution in [0.4, 0.5) is 11.6 Å². The van der Waals surface area contributed by atoms with Crippen LogP contribution in [0, 0.1) is 0 Å². The van der Waals surface area contributed by atoms with Gasteiger partial charge in [-0.3, -0.25) is 4.79 Å². The van der Waals surface area contributed by atoms with Gasteiger partial charge < -0.3 is 19.4 Å². The Morgan fingerprint density at radius 3 is 2.57 bits per heavy atom. The van der Waals surface area contributed by atoms with Crippen molar-refractivity contribution in [2.24, 2.45) is 0 Å². The van der Waals surface area contributed by atoms with Gasteiger partial charge in [-0.1, -0.05) is 0 Å². The number of morpholine rings is 1. The molecule has 124 valence electrons. The van der Waals surface area contributed by atoms with Crippen molar-refractivity contribution in [1.82, 2.24) is 14.9 Å². The van der Waals surface area contributed by atoms with Gasteiger partial charge in [0.15, 0.2) is 0 Å². The number of ether oxygens (including phenoxy) is 1. The third-order valence-corrected chi connectivity index (χ3v) is 5.11. The SMILES string of the molecule is CN1CC(=O)N(C2CCC2)Cc2c1ncnc2N1CCOCC1. The summed E-state index contributed by atoms with van der Waals surface area (Å²) in [6, 6.07) is 0.389. The molecule has 7 heteroatoms. The van der Waals surface area contributed by atoms with Crippen molar-refractivity contribution in [3.8, 4) is 0 Å². The van der Waals surface area contributed by atoms with Crippen molar-refractivity contribution in [2.75, 3.05) is 49.7 Å². The van der Waals surface area contributed by atoms with E-state index in [1.54, 1.807) is 6.33 Å². The number of nitrogens with zero attached hydrogens (tertiary/aromatic N) is 5. The second-order valence-corrected chi connectivity index (χ2v) is 6.56. The lowest BCUT2D eigenvalue weighted by Crippen LogP contribution is -2.45. The lowest BCUT2D eigenvalue weighted by atomic mass is 9.91. The minimum Gasteiger partial charge on any atom is -0.378 e. The summed E-state index contributed by atoms with van der Waals surface area (Å²) in [5.41, 5.74) is 1.08. The molecule has 0 aromatic carbocycles. The standard InChI is InChI=1S/C16H23N5O2/c1-19-10-14(22)21(12-3-2-4-12)9-13-15(19)17-11-18-16(13)20-5-7-23-8-6-20/h11-12H,2-10H2,1H3. The van der Waals surface area contributed by atoms with E-state index in [4.69, 9.17) is 4.74 Å². The molecule has 0 N–H and O–H groups in total. The average Bonchev–Trinajstić information content (AvgIpc) is 2.64. The molecule has 0 bridgehead atoms. The molecule has 1 aromatic heterocycles. The fourth-order valence-corrected chi connectivity index (χ4v) is 3.57. The fourth-order valence-electron chi connectivity index (χ4n) is 3.57. The number of carbonyl (C=O) groups is 1. The van der Waals surface area contributed by atoms with E-state index in [1.165, 1.54) is 6.42 Å². The highest BCUT2D eigenvalue weighted by Crippen LogP contribution is 2.34. The lowest BCUT2D eigenvalue weighted by molar-refractivity contribution is -0.134. The van der Waals surface area contributed by atoms with E-state index < -0.39 is 0 Å². The number of aromatic nitrogens is 2. The third-order valence-electron chi connectivity index (χ3n) is 5.11. The maximum absolute atomic E-state index is 12.6. The number of fused-ring (bicyclic) bond motifs is 1. The summed E-state index contributed by atoms with van der Waals surface area (Å²) in [5, 5.41) is 0. The zero-order chi connectivity index (χ0) is 15.8. The molecule has 1 amide bonds. The topological polar surface area (TPSA) is 61.8 Å². The van der Waals surface area contributed by atoms with Gasteiger partial charge in [0.25, 0.3) is 0 Å². The molecule has 3 heterocycles. The zero-order valence-corrected chi connectivity index (χ0v) is 13.6. The number of amides is 1. The second-order valence-electron chi connectivity index (χ2n) is 6.56. The predicted molar refractivity (Wildman–Crippen MR) is 86.5 cm³/mol. The molecule has 23 heavy (non-hydrogen) atoms. The van der Waals surface area contributed by atoms with Crippen molar-refractivity contribution in [3.63, 3.8) is 0 Å². The Bertz CT molecular complexity index is 598. The summed E-state index contributed by atoms with van der Waals surface area (Å²) in [4.78, 5) is 27.9. The average molecular weight is 317 g/mol. The highest BCUT2D eigenvalue weighted by molar-refractivity contribution is 5.84. The van der Waals surface area contributed by atoms with E-state index in [-0.39, 0.29) is 5.91 Å². The summed E-state index contributed by atoms with van der Waals surface area (Å²) in [6.07, 6.45) is 5.07. The van der Waals surface area contributed by atoms with E-state index in [9.17, 15) is 4.79 Å². The number of carbonyl (C=O) groups excluding carboxylic acids is 1. The van der Waals surface area contributed by atoms with Crippen LogP contribution in [0.15, 0.2) is 6.33 Å². The molecule has 0 atom stereocenters. The van der Waals surface area contributed by atoms with E-state index >= 15 is 0 Å². The number of hydrogen-bond acceptors (Lipinski definition) is 6. The van der Waals surface area contributed by atoms with Crippen molar-refractivity contribution >= 4 is 17.5 Å². The quantitative estimate of drug-likeness (QED) is 0.798. The molecule has 1 saturated carbocycles. The molecule has 0 radical (unpaired) electrons. The molecule has 2 fully saturated rings. The summed E-state index contributed by atoms with van der Waals surface area (Å²) in [6.45, 7) is 4.13. The molecule has 0 unspecified atom stereocenters. The van der Waals surface area contributed by atoms with Gasteiger partial charge in [-0.15, -0.1) is 0 Å². The number of likely N-dealkylation sites (N-methyl/N-ethyl adjacent to an activating group) is 1. The van der Waals surface area contributed by atoms with Crippen LogP contribution in [0.25, 0.3) is 0 Å². The van der Waals surface area contributed by atoms with Gasteiger partial charge in [-0.25, -0.2) is 9.97 Å². The Labute approximate surface area is 136 Å². The Hall–Kier alpha value is -1.89.